The van der Waals surface area contributed by atoms with E-state index in [1.807, 2.05) is 31.2 Å². The van der Waals surface area contributed by atoms with Gasteiger partial charge in [0.25, 0.3) is 0 Å². The highest BCUT2D eigenvalue weighted by Gasteiger charge is 2.37. The molecule has 0 spiro atoms. The highest BCUT2D eigenvalue weighted by atomic mass is 16.5. The van der Waals surface area contributed by atoms with Gasteiger partial charge in [-0.25, -0.2) is 4.68 Å². The van der Waals surface area contributed by atoms with E-state index >= 15 is 0 Å². The molecule has 1 aliphatic heterocycles. The number of aromatic nitrogens is 3. The summed E-state index contributed by atoms with van der Waals surface area (Å²) < 4.78 is 7.31. The number of ketones is 1. The van der Waals surface area contributed by atoms with Crippen molar-refractivity contribution < 1.29 is 9.53 Å². The van der Waals surface area contributed by atoms with Crippen LogP contribution in [0.1, 0.15) is 38.3 Å². The molecule has 1 aromatic heterocycles. The summed E-state index contributed by atoms with van der Waals surface area (Å²) in [6, 6.07) is 7.65. The number of rotatable bonds is 3. The fraction of sp³-hybridized carbons (Fsp3) is 0.389. The Bertz CT molecular complexity index is 807. The third-order valence-electron chi connectivity index (χ3n) is 4.57. The Morgan fingerprint density at radius 2 is 2.08 bits per heavy atom. The predicted octanol–water partition coefficient (Wildman–Crippen LogP) is 2.94. The number of nitrogens with one attached hydrogen (secondary N) is 1. The molecule has 0 fully saturated rings. The first-order chi connectivity index (χ1) is 11.7. The number of carbonyl (C=O) groups is 1. The number of ether oxygens (including phenoxy) is 1. The van der Waals surface area contributed by atoms with Crippen molar-refractivity contribution in [3.63, 3.8) is 0 Å². The third-order valence-corrected chi connectivity index (χ3v) is 4.57. The molecule has 0 radical (unpaired) electrons. The maximum atomic E-state index is 12.7. The second-order valence-electron chi connectivity index (χ2n) is 6.39. The molecule has 0 unspecified atom stereocenters. The first-order valence-corrected chi connectivity index (χ1v) is 8.33. The zero-order valence-corrected chi connectivity index (χ0v) is 13.8. The van der Waals surface area contributed by atoms with Crippen LogP contribution < -0.4 is 10.1 Å². The molecule has 4 rings (SSSR count). The Balaban J connectivity index is 1.80. The number of hydrogen-bond donors (Lipinski definition) is 1. The van der Waals surface area contributed by atoms with Crippen LogP contribution in [0.3, 0.4) is 0 Å². The van der Waals surface area contributed by atoms with Gasteiger partial charge in [-0.05, 0) is 37.0 Å². The van der Waals surface area contributed by atoms with Gasteiger partial charge in [-0.3, -0.25) is 4.79 Å². The summed E-state index contributed by atoms with van der Waals surface area (Å²) in [6.07, 6.45) is 2.97. The first-order valence-electron chi connectivity index (χ1n) is 8.33. The normalized spacial score (nSPS) is 22.7. The van der Waals surface area contributed by atoms with Crippen LogP contribution in [0, 0.1) is 5.92 Å². The van der Waals surface area contributed by atoms with Crippen molar-refractivity contribution in [2.75, 3.05) is 11.9 Å². The largest absolute Gasteiger partial charge is 0.494 e. The van der Waals surface area contributed by atoms with E-state index < -0.39 is 0 Å². The molecule has 0 bridgehead atoms. The molecule has 124 valence electrons. The fourth-order valence-corrected chi connectivity index (χ4v) is 3.57. The lowest BCUT2D eigenvalue weighted by molar-refractivity contribution is -0.117. The summed E-state index contributed by atoms with van der Waals surface area (Å²) in [5.41, 5.74) is 2.82. The third kappa shape index (κ3) is 2.38. The number of hydrogen-bond acceptors (Lipinski definition) is 5. The number of benzene rings is 1. The molecular weight excluding hydrogens is 304 g/mol. The number of fused-ring (bicyclic) bond motifs is 1. The lowest BCUT2D eigenvalue weighted by Gasteiger charge is -2.34. The smallest absolute Gasteiger partial charge is 0.226 e. The van der Waals surface area contributed by atoms with E-state index in [2.05, 4.69) is 22.3 Å². The molecule has 0 saturated heterocycles. The Hall–Kier alpha value is -2.63. The van der Waals surface area contributed by atoms with Crippen LogP contribution in [0.2, 0.25) is 0 Å². The molecule has 0 amide bonds. The molecule has 6 nitrogen and oxygen atoms in total. The van der Waals surface area contributed by atoms with Gasteiger partial charge >= 0.3 is 0 Å². The minimum absolute atomic E-state index is 0.191. The van der Waals surface area contributed by atoms with Gasteiger partial charge in [0.15, 0.2) is 5.78 Å². The standard InChI is InChI=1S/C18H20N4O2/c1-3-24-13-6-4-12(5-7-13)17-16-14(8-11(2)9-15(16)23)21-18-19-10-20-22(17)18/h4-7,10-11,17H,3,8-9H2,1-2H3,(H,19,20,21)/t11-,17+/m1/s1. The van der Waals surface area contributed by atoms with Crippen LogP contribution in [-0.4, -0.2) is 27.2 Å². The molecule has 2 heterocycles. The van der Waals surface area contributed by atoms with E-state index in [0.29, 0.717) is 24.9 Å². The quantitative estimate of drug-likeness (QED) is 0.940. The molecule has 2 atom stereocenters. The monoisotopic (exact) mass is 324 g/mol. The predicted molar refractivity (Wildman–Crippen MR) is 89.8 cm³/mol. The minimum atomic E-state index is -0.227. The van der Waals surface area contributed by atoms with Crippen molar-refractivity contribution in [1.82, 2.24) is 14.8 Å². The van der Waals surface area contributed by atoms with Crippen molar-refractivity contribution in [3.05, 3.63) is 47.4 Å². The summed E-state index contributed by atoms with van der Waals surface area (Å²) >= 11 is 0. The number of anilines is 1. The van der Waals surface area contributed by atoms with E-state index in [0.717, 1.165) is 29.0 Å². The molecule has 1 N–H and O–H groups in total. The van der Waals surface area contributed by atoms with Crippen molar-refractivity contribution in [3.8, 4) is 5.75 Å². The second kappa shape index (κ2) is 5.78. The molecule has 0 saturated carbocycles. The van der Waals surface area contributed by atoms with Gasteiger partial charge in [0.2, 0.25) is 5.95 Å². The lowest BCUT2D eigenvalue weighted by atomic mass is 9.81. The van der Waals surface area contributed by atoms with Crippen molar-refractivity contribution in [1.29, 1.82) is 0 Å². The molecule has 6 heteroatoms. The van der Waals surface area contributed by atoms with Gasteiger partial charge in [-0.15, -0.1) is 0 Å². The SMILES string of the molecule is CCOc1ccc([C@H]2C3=C(C[C@@H](C)CC3=O)Nc3ncnn32)cc1. The van der Waals surface area contributed by atoms with Crippen molar-refractivity contribution in [2.24, 2.45) is 5.92 Å². The van der Waals surface area contributed by atoms with Crippen molar-refractivity contribution in [2.45, 2.75) is 32.7 Å². The van der Waals surface area contributed by atoms with Crippen LogP contribution in [0.4, 0.5) is 5.95 Å². The van der Waals surface area contributed by atoms with E-state index in [1.54, 1.807) is 4.68 Å². The fourth-order valence-electron chi connectivity index (χ4n) is 3.57. The molecule has 2 aliphatic rings. The van der Waals surface area contributed by atoms with Gasteiger partial charge in [-0.1, -0.05) is 19.1 Å². The average molecular weight is 324 g/mol. The number of allylic oxidation sites excluding steroid dienone is 2. The maximum Gasteiger partial charge on any atom is 0.226 e. The first kappa shape index (κ1) is 14.9. The van der Waals surface area contributed by atoms with Crippen molar-refractivity contribution >= 4 is 11.7 Å². The summed E-state index contributed by atoms with van der Waals surface area (Å²) in [5, 5.41) is 7.64. The summed E-state index contributed by atoms with van der Waals surface area (Å²) in [6.45, 7) is 4.70. The van der Waals surface area contributed by atoms with Crippen LogP contribution in [-0.2, 0) is 4.79 Å². The highest BCUT2D eigenvalue weighted by molar-refractivity contribution is 5.99. The summed E-state index contributed by atoms with van der Waals surface area (Å²) in [5.74, 6) is 2.05. The zero-order chi connectivity index (χ0) is 16.7. The second-order valence-corrected chi connectivity index (χ2v) is 6.39. The molecule has 2 aromatic rings. The maximum absolute atomic E-state index is 12.7. The Morgan fingerprint density at radius 3 is 2.83 bits per heavy atom. The molecule has 1 aromatic carbocycles. The van der Waals surface area contributed by atoms with Crippen LogP contribution in [0.25, 0.3) is 0 Å². The lowest BCUT2D eigenvalue weighted by Crippen LogP contribution is -2.33. The van der Waals surface area contributed by atoms with E-state index in [9.17, 15) is 4.79 Å². The van der Waals surface area contributed by atoms with E-state index in [-0.39, 0.29) is 11.8 Å². The average Bonchev–Trinajstić information content (AvgIpc) is 3.02. The zero-order valence-electron chi connectivity index (χ0n) is 13.8. The number of nitrogens with zero attached hydrogens (tertiary/aromatic N) is 3. The van der Waals surface area contributed by atoms with Gasteiger partial charge in [0.1, 0.15) is 18.1 Å². The van der Waals surface area contributed by atoms with E-state index in [4.69, 9.17) is 4.74 Å². The topological polar surface area (TPSA) is 69.0 Å². The summed E-state index contributed by atoms with van der Waals surface area (Å²) in [4.78, 5) is 17.0. The Kier molecular flexibility index (Phi) is 3.59. The Morgan fingerprint density at radius 1 is 1.29 bits per heavy atom. The van der Waals surface area contributed by atoms with Crippen LogP contribution in [0.5, 0.6) is 5.75 Å². The summed E-state index contributed by atoms with van der Waals surface area (Å²) in [7, 11) is 0. The van der Waals surface area contributed by atoms with E-state index in [1.165, 1.54) is 6.33 Å². The van der Waals surface area contributed by atoms with Crippen LogP contribution in [0.15, 0.2) is 41.9 Å². The highest BCUT2D eigenvalue weighted by Crippen LogP contribution is 2.41. The molecule has 1 aliphatic carbocycles. The number of Topliss-reactive ketones (excluding diaryl/α,β-unsaturated/α-hetero) is 1. The van der Waals surface area contributed by atoms with Gasteiger partial charge in [0, 0.05) is 17.7 Å². The molecular formula is C18H20N4O2. The van der Waals surface area contributed by atoms with Crippen LogP contribution >= 0.6 is 0 Å². The number of carbonyl (C=O) groups excluding carboxylic acids is 1. The Labute approximate surface area is 140 Å². The van der Waals surface area contributed by atoms with Gasteiger partial charge in [-0.2, -0.15) is 10.1 Å². The van der Waals surface area contributed by atoms with Gasteiger partial charge in [0.05, 0.1) is 6.61 Å². The minimum Gasteiger partial charge on any atom is -0.494 e. The molecule has 24 heavy (non-hydrogen) atoms. The van der Waals surface area contributed by atoms with Gasteiger partial charge < -0.3 is 10.1 Å².